The molecule has 0 fully saturated rings. The highest BCUT2D eigenvalue weighted by Crippen LogP contribution is 2.41. The van der Waals surface area contributed by atoms with Crippen molar-refractivity contribution in [2.75, 3.05) is 17.2 Å². The van der Waals surface area contributed by atoms with Crippen LogP contribution in [0.25, 0.3) is 11.1 Å². The second kappa shape index (κ2) is 11.5. The summed E-state index contributed by atoms with van der Waals surface area (Å²) in [6.07, 6.45) is 3.22. The Morgan fingerprint density at radius 3 is 2.38 bits per heavy atom. The highest BCUT2D eigenvalue weighted by atomic mass is 32.2. The number of sulfone groups is 1. The number of rotatable bonds is 8. The molecule has 2 atom stereocenters. The van der Waals surface area contributed by atoms with Crippen LogP contribution in [-0.4, -0.2) is 41.6 Å². The number of ether oxygens (including phenoxy) is 2. The summed E-state index contributed by atoms with van der Waals surface area (Å²) in [7, 11) is -3.36. The lowest BCUT2D eigenvalue weighted by Gasteiger charge is -2.38. The molecule has 39 heavy (non-hydrogen) atoms. The van der Waals surface area contributed by atoms with Crippen LogP contribution in [0.3, 0.4) is 0 Å². The first-order valence-corrected chi connectivity index (χ1v) is 15.5. The third-order valence-corrected chi connectivity index (χ3v) is 8.26. The fourth-order valence-electron chi connectivity index (χ4n) is 4.75. The summed E-state index contributed by atoms with van der Waals surface area (Å²) in [5, 5.41) is 0. The van der Waals surface area contributed by atoms with Crippen LogP contribution in [0.15, 0.2) is 71.6 Å². The van der Waals surface area contributed by atoms with Crippen LogP contribution < -0.4 is 9.04 Å². The highest BCUT2D eigenvalue weighted by molar-refractivity contribution is 7.90. The van der Waals surface area contributed by atoms with E-state index in [1.54, 1.807) is 75.4 Å². The van der Waals surface area contributed by atoms with E-state index in [4.69, 9.17) is 9.47 Å². The minimum Gasteiger partial charge on any atom is -0.755 e. The maximum Gasteiger partial charge on any atom is 0.344 e. The molecule has 0 amide bonds. The molecule has 0 bridgehead atoms. The third-order valence-electron chi connectivity index (χ3n) is 6.36. The molecule has 1 aliphatic carbocycles. The average molecular weight is 571 g/mol. The second-order valence-corrected chi connectivity index (χ2v) is 13.3. The van der Waals surface area contributed by atoms with Gasteiger partial charge in [-0.05, 0) is 92.6 Å². The Morgan fingerprint density at radius 2 is 1.74 bits per heavy atom. The van der Waals surface area contributed by atoms with Crippen molar-refractivity contribution >= 4 is 32.8 Å². The number of esters is 1. The molecule has 3 aromatic carbocycles. The van der Waals surface area contributed by atoms with Gasteiger partial charge in [0, 0.05) is 23.2 Å². The van der Waals surface area contributed by atoms with Crippen molar-refractivity contribution in [2.24, 2.45) is 0 Å². The number of fused-ring (bicyclic) bond motifs is 1. The van der Waals surface area contributed by atoms with Gasteiger partial charge in [0.15, 0.2) is 16.4 Å². The van der Waals surface area contributed by atoms with Crippen LogP contribution in [0.4, 0.5) is 5.69 Å². The molecule has 0 N–H and O–H groups in total. The monoisotopic (exact) mass is 570 g/mol. The van der Waals surface area contributed by atoms with Crippen molar-refractivity contribution in [3.63, 3.8) is 0 Å². The van der Waals surface area contributed by atoms with Gasteiger partial charge < -0.3 is 14.0 Å². The van der Waals surface area contributed by atoms with Gasteiger partial charge in [-0.1, -0.05) is 36.4 Å². The molecule has 8 nitrogen and oxygen atoms in total. The smallest absolute Gasteiger partial charge is 0.344 e. The molecule has 2 unspecified atom stereocenters. The van der Waals surface area contributed by atoms with Gasteiger partial charge in [0.25, 0.3) is 0 Å². The molecule has 0 spiro atoms. The molecule has 0 heterocycles. The fraction of sp³-hybridized carbons (Fsp3) is 0.345. The van der Waals surface area contributed by atoms with Crippen molar-refractivity contribution in [1.29, 1.82) is 0 Å². The summed E-state index contributed by atoms with van der Waals surface area (Å²) < 4.78 is 61.5. The predicted molar refractivity (Wildman–Crippen MR) is 150 cm³/mol. The third kappa shape index (κ3) is 7.06. The van der Waals surface area contributed by atoms with Gasteiger partial charge in [-0.25, -0.2) is 13.2 Å². The van der Waals surface area contributed by atoms with Crippen molar-refractivity contribution in [3.8, 4) is 16.9 Å². The lowest BCUT2D eigenvalue weighted by molar-refractivity contribution is -0.157. The minimum absolute atomic E-state index is 0.217. The van der Waals surface area contributed by atoms with Crippen LogP contribution in [0.2, 0.25) is 0 Å². The van der Waals surface area contributed by atoms with E-state index < -0.39 is 38.7 Å². The maximum absolute atomic E-state index is 12.5. The molecule has 4 rings (SSSR count). The Bertz CT molecular complexity index is 1480. The van der Waals surface area contributed by atoms with E-state index in [9.17, 15) is 22.0 Å². The van der Waals surface area contributed by atoms with Crippen LogP contribution in [0, 0.1) is 0 Å². The number of hydrogen-bond donors (Lipinski definition) is 0. The van der Waals surface area contributed by atoms with Crippen LogP contribution in [-0.2, 0) is 37.1 Å². The van der Waals surface area contributed by atoms with Crippen molar-refractivity contribution in [2.45, 2.75) is 56.6 Å². The van der Waals surface area contributed by atoms with Gasteiger partial charge in [0.05, 0.1) is 10.9 Å². The quantitative estimate of drug-likeness (QED) is 0.272. The largest absolute Gasteiger partial charge is 0.755 e. The Morgan fingerprint density at radius 1 is 1.05 bits per heavy atom. The standard InChI is InChI=1S/C29H33NO7S2/c1-29(2,3)37-28(31)19-36-27-13-7-10-24-25(27)11-6-12-26(24)30(38(32)33)22-16-14-20(15-17-22)21-8-5-9-23(18-21)39(4,34)35/h5,7-10,13-18,26H,6,11-12,19H2,1-4H3,(H,32,33)/p-1. The summed E-state index contributed by atoms with van der Waals surface area (Å²) in [6.45, 7) is 5.13. The van der Waals surface area contributed by atoms with Gasteiger partial charge in [-0.3, -0.25) is 8.51 Å². The predicted octanol–water partition coefficient (Wildman–Crippen LogP) is 5.16. The van der Waals surface area contributed by atoms with E-state index in [0.717, 1.165) is 29.4 Å². The summed E-state index contributed by atoms with van der Waals surface area (Å²) in [5.41, 5.74) is 3.06. The van der Waals surface area contributed by atoms with E-state index in [1.165, 1.54) is 4.31 Å². The first-order chi connectivity index (χ1) is 18.3. The Labute approximate surface area is 232 Å². The Kier molecular flexibility index (Phi) is 8.48. The van der Waals surface area contributed by atoms with Crippen molar-refractivity contribution in [3.05, 3.63) is 77.9 Å². The van der Waals surface area contributed by atoms with E-state index >= 15 is 0 Å². The zero-order valence-electron chi connectivity index (χ0n) is 22.4. The SMILES string of the molecule is CC(C)(C)OC(=O)COc1cccc2c1CCCC2N(c1ccc(-c2cccc(S(C)(=O)=O)c2)cc1)S(=O)[O-]. The summed E-state index contributed by atoms with van der Waals surface area (Å²) in [4.78, 5) is 12.4. The molecule has 208 valence electrons. The zero-order valence-corrected chi connectivity index (χ0v) is 24.0. The molecule has 0 aliphatic heterocycles. The lowest BCUT2D eigenvalue weighted by atomic mass is 9.87. The molecule has 1 aliphatic rings. The summed E-state index contributed by atoms with van der Waals surface area (Å²) in [5.74, 6) is 0.0673. The van der Waals surface area contributed by atoms with Crippen molar-refractivity contribution < 1.29 is 31.4 Å². The first-order valence-electron chi connectivity index (χ1n) is 12.6. The molecular weight excluding hydrogens is 538 g/mol. The maximum atomic E-state index is 12.5. The van der Waals surface area contributed by atoms with Gasteiger partial charge in [-0.2, -0.15) is 0 Å². The summed E-state index contributed by atoms with van der Waals surface area (Å²) >= 11 is -2.57. The fourth-order valence-corrected chi connectivity index (χ4v) is 6.14. The molecule has 3 aromatic rings. The topological polar surface area (TPSA) is 113 Å². The molecular formula is C29H32NO7S2-. The minimum atomic E-state index is -3.36. The lowest BCUT2D eigenvalue weighted by Crippen LogP contribution is -2.33. The van der Waals surface area contributed by atoms with E-state index in [-0.39, 0.29) is 11.5 Å². The highest BCUT2D eigenvalue weighted by Gasteiger charge is 2.29. The number of nitrogens with zero attached hydrogens (tertiary/aromatic N) is 1. The van der Waals surface area contributed by atoms with Gasteiger partial charge in [-0.15, -0.1) is 0 Å². The number of carbonyl (C=O) groups excluding carboxylic acids is 1. The van der Waals surface area contributed by atoms with Crippen LogP contribution in [0.5, 0.6) is 5.75 Å². The number of hydrogen-bond acceptors (Lipinski definition) is 7. The van der Waals surface area contributed by atoms with E-state index in [2.05, 4.69) is 0 Å². The number of anilines is 1. The van der Waals surface area contributed by atoms with E-state index in [1.807, 2.05) is 12.1 Å². The first kappa shape index (κ1) is 28.8. The summed E-state index contributed by atoms with van der Waals surface area (Å²) in [6, 6.07) is 18.7. The second-order valence-electron chi connectivity index (χ2n) is 10.5. The van der Waals surface area contributed by atoms with E-state index in [0.29, 0.717) is 29.8 Å². The normalized spacial score (nSPS) is 16.2. The van der Waals surface area contributed by atoms with Crippen molar-refractivity contribution in [1.82, 2.24) is 0 Å². The molecule has 0 saturated heterocycles. The number of benzene rings is 3. The molecule has 10 heteroatoms. The number of carbonyl (C=O) groups is 1. The average Bonchev–Trinajstić information content (AvgIpc) is 2.86. The molecule has 0 saturated carbocycles. The Hall–Kier alpha value is -3.21. The van der Waals surface area contributed by atoms with Gasteiger partial charge in [0.1, 0.15) is 11.4 Å². The zero-order chi connectivity index (χ0) is 28.4. The van der Waals surface area contributed by atoms with Gasteiger partial charge in [0.2, 0.25) is 0 Å². The Balaban J connectivity index is 1.60. The molecule has 0 aromatic heterocycles. The van der Waals surface area contributed by atoms with Crippen LogP contribution in [0.1, 0.15) is 50.8 Å². The van der Waals surface area contributed by atoms with Crippen LogP contribution >= 0.6 is 0 Å². The van der Waals surface area contributed by atoms with Gasteiger partial charge >= 0.3 is 5.97 Å². The molecule has 0 radical (unpaired) electrons.